The third-order valence-corrected chi connectivity index (χ3v) is 2.43. The minimum Gasteiger partial charge on any atom is -0.395 e. The summed E-state index contributed by atoms with van der Waals surface area (Å²) in [6.07, 6.45) is 0.953. The zero-order valence-electron chi connectivity index (χ0n) is 7.99. The summed E-state index contributed by atoms with van der Waals surface area (Å²) in [7, 11) is 0. The lowest BCUT2D eigenvalue weighted by Gasteiger charge is -2.31. The van der Waals surface area contributed by atoms with Crippen LogP contribution in [0.25, 0.3) is 0 Å². The molecule has 1 aliphatic rings. The number of ether oxygens (including phenoxy) is 1. The summed E-state index contributed by atoms with van der Waals surface area (Å²) in [5, 5.41) is 9.14. The number of aliphatic hydroxyl groups excluding tert-OH is 1. The molecule has 1 N–H and O–H groups in total. The Balaban J connectivity index is 2.51. The Morgan fingerprint density at radius 3 is 2.83 bits per heavy atom. The summed E-state index contributed by atoms with van der Waals surface area (Å²) < 4.78 is 5.35. The van der Waals surface area contributed by atoms with E-state index in [0.29, 0.717) is 12.1 Å². The van der Waals surface area contributed by atoms with Crippen molar-refractivity contribution in [3.8, 4) is 0 Å². The molecule has 1 atom stereocenters. The molecule has 0 amide bonds. The smallest absolute Gasteiger partial charge is 0.0593 e. The predicted octanol–water partition coefficient (Wildman–Crippen LogP) is 0.478. The van der Waals surface area contributed by atoms with Crippen LogP contribution in [0.15, 0.2) is 0 Å². The molecule has 1 fully saturated rings. The lowest BCUT2D eigenvalue weighted by Crippen LogP contribution is -2.43. The topological polar surface area (TPSA) is 32.7 Å². The molecule has 0 aliphatic carbocycles. The fourth-order valence-corrected chi connectivity index (χ4v) is 1.72. The molecule has 1 heterocycles. The molecule has 1 aliphatic heterocycles. The molecule has 72 valence electrons. The second-order valence-electron chi connectivity index (χ2n) is 3.57. The van der Waals surface area contributed by atoms with Crippen molar-refractivity contribution < 1.29 is 9.84 Å². The molecule has 12 heavy (non-hydrogen) atoms. The largest absolute Gasteiger partial charge is 0.395 e. The first-order valence-corrected chi connectivity index (χ1v) is 4.70. The Hall–Kier alpha value is -0.120. The summed E-state index contributed by atoms with van der Waals surface area (Å²) in [4.78, 5) is 2.31. The highest BCUT2D eigenvalue weighted by molar-refractivity contribution is 4.75. The molecule has 3 heteroatoms. The Bertz CT molecular complexity index is 128. The van der Waals surface area contributed by atoms with Crippen molar-refractivity contribution in [1.82, 2.24) is 4.90 Å². The van der Waals surface area contributed by atoms with Crippen LogP contribution in [0.5, 0.6) is 0 Å². The normalized spacial score (nSPS) is 27.5. The van der Waals surface area contributed by atoms with E-state index >= 15 is 0 Å². The van der Waals surface area contributed by atoms with Crippen molar-refractivity contribution in [2.75, 3.05) is 26.4 Å². The summed E-state index contributed by atoms with van der Waals surface area (Å²) in [5.41, 5.74) is 0. The van der Waals surface area contributed by atoms with E-state index in [0.717, 1.165) is 26.2 Å². The third-order valence-electron chi connectivity index (χ3n) is 2.43. The number of hydrogen-bond acceptors (Lipinski definition) is 3. The van der Waals surface area contributed by atoms with E-state index in [1.165, 1.54) is 0 Å². The van der Waals surface area contributed by atoms with Gasteiger partial charge in [-0.2, -0.15) is 0 Å². The lowest BCUT2D eigenvalue weighted by molar-refractivity contribution is 0.0988. The first kappa shape index (κ1) is 9.96. The van der Waals surface area contributed by atoms with E-state index in [1.54, 1.807) is 0 Å². The lowest BCUT2D eigenvalue weighted by atomic mass is 10.1. The van der Waals surface area contributed by atoms with E-state index in [2.05, 4.69) is 18.7 Å². The molecule has 0 aromatic heterocycles. The number of nitrogens with zero attached hydrogens (tertiary/aromatic N) is 1. The van der Waals surface area contributed by atoms with Crippen molar-refractivity contribution >= 4 is 0 Å². The summed E-state index contributed by atoms with van der Waals surface area (Å²) in [6, 6.07) is 0.802. The van der Waals surface area contributed by atoms with Gasteiger partial charge in [0.2, 0.25) is 0 Å². The summed E-state index contributed by atoms with van der Waals surface area (Å²) in [5.74, 6) is 0. The highest BCUT2D eigenvalue weighted by atomic mass is 16.5. The van der Waals surface area contributed by atoms with Crippen LogP contribution in [0, 0.1) is 0 Å². The van der Waals surface area contributed by atoms with Crippen molar-refractivity contribution in [2.24, 2.45) is 0 Å². The van der Waals surface area contributed by atoms with Crippen LogP contribution < -0.4 is 0 Å². The third kappa shape index (κ3) is 2.44. The van der Waals surface area contributed by atoms with E-state index in [9.17, 15) is 0 Å². The fraction of sp³-hybridized carbons (Fsp3) is 1.00. The maximum absolute atomic E-state index is 9.14. The molecular formula is C9H19NO2. The van der Waals surface area contributed by atoms with Gasteiger partial charge in [0.25, 0.3) is 0 Å². The van der Waals surface area contributed by atoms with Gasteiger partial charge in [-0.05, 0) is 20.3 Å². The van der Waals surface area contributed by atoms with Crippen LogP contribution in [0.1, 0.15) is 20.3 Å². The SMILES string of the molecule is CC(C)N1CCOCC[C@@H]1CO. The van der Waals surface area contributed by atoms with Crippen LogP contribution >= 0.6 is 0 Å². The fourth-order valence-electron chi connectivity index (χ4n) is 1.72. The van der Waals surface area contributed by atoms with Gasteiger partial charge in [0.15, 0.2) is 0 Å². The number of rotatable bonds is 2. The van der Waals surface area contributed by atoms with Gasteiger partial charge < -0.3 is 9.84 Å². The zero-order valence-corrected chi connectivity index (χ0v) is 7.99. The van der Waals surface area contributed by atoms with Gasteiger partial charge in [-0.1, -0.05) is 0 Å². The predicted molar refractivity (Wildman–Crippen MR) is 48.2 cm³/mol. The maximum Gasteiger partial charge on any atom is 0.0593 e. The van der Waals surface area contributed by atoms with Crippen molar-refractivity contribution in [3.63, 3.8) is 0 Å². The summed E-state index contributed by atoms with van der Waals surface area (Å²) >= 11 is 0. The molecule has 0 unspecified atom stereocenters. The molecule has 0 saturated carbocycles. The molecular weight excluding hydrogens is 154 g/mol. The van der Waals surface area contributed by atoms with Crippen LogP contribution in [-0.4, -0.2) is 48.5 Å². The van der Waals surface area contributed by atoms with Crippen molar-refractivity contribution in [1.29, 1.82) is 0 Å². The van der Waals surface area contributed by atoms with E-state index in [-0.39, 0.29) is 6.61 Å². The van der Waals surface area contributed by atoms with Gasteiger partial charge in [0.05, 0.1) is 13.2 Å². The van der Waals surface area contributed by atoms with E-state index in [1.807, 2.05) is 0 Å². The van der Waals surface area contributed by atoms with Gasteiger partial charge in [0, 0.05) is 25.2 Å². The average molecular weight is 173 g/mol. The van der Waals surface area contributed by atoms with Crippen molar-refractivity contribution in [3.05, 3.63) is 0 Å². The van der Waals surface area contributed by atoms with Crippen LogP contribution in [-0.2, 0) is 4.74 Å². The van der Waals surface area contributed by atoms with Gasteiger partial charge >= 0.3 is 0 Å². The minimum absolute atomic E-state index is 0.252. The molecule has 1 rings (SSSR count). The molecule has 0 radical (unpaired) electrons. The first-order valence-electron chi connectivity index (χ1n) is 4.70. The van der Waals surface area contributed by atoms with Gasteiger partial charge in [-0.15, -0.1) is 0 Å². The minimum atomic E-state index is 0.252. The second kappa shape index (κ2) is 4.80. The van der Waals surface area contributed by atoms with Gasteiger partial charge in [0.1, 0.15) is 0 Å². The Morgan fingerprint density at radius 1 is 1.50 bits per heavy atom. The monoisotopic (exact) mass is 173 g/mol. The quantitative estimate of drug-likeness (QED) is 0.659. The molecule has 0 aromatic carbocycles. The van der Waals surface area contributed by atoms with Crippen LogP contribution in [0.2, 0.25) is 0 Å². The van der Waals surface area contributed by atoms with Crippen LogP contribution in [0.3, 0.4) is 0 Å². The molecule has 0 bridgehead atoms. The molecule has 1 saturated heterocycles. The van der Waals surface area contributed by atoms with Gasteiger partial charge in [-0.25, -0.2) is 0 Å². The maximum atomic E-state index is 9.14. The Labute approximate surface area is 74.3 Å². The highest BCUT2D eigenvalue weighted by Gasteiger charge is 2.22. The number of aliphatic hydroxyl groups is 1. The molecule has 3 nitrogen and oxygen atoms in total. The standard InChI is InChI=1S/C9H19NO2/c1-8(2)10-4-6-12-5-3-9(10)7-11/h8-9,11H,3-7H2,1-2H3/t9-/m1/s1. The molecule has 0 aromatic rings. The molecule has 0 spiro atoms. The van der Waals surface area contributed by atoms with Crippen molar-refractivity contribution in [2.45, 2.75) is 32.4 Å². The first-order chi connectivity index (χ1) is 5.75. The average Bonchev–Trinajstić information content (AvgIpc) is 2.27. The highest BCUT2D eigenvalue weighted by Crippen LogP contribution is 2.11. The summed E-state index contributed by atoms with van der Waals surface area (Å²) in [6.45, 7) is 7.11. The van der Waals surface area contributed by atoms with Crippen LogP contribution in [0.4, 0.5) is 0 Å². The second-order valence-corrected chi connectivity index (χ2v) is 3.57. The van der Waals surface area contributed by atoms with E-state index in [4.69, 9.17) is 9.84 Å². The van der Waals surface area contributed by atoms with Gasteiger partial charge in [-0.3, -0.25) is 4.90 Å². The zero-order chi connectivity index (χ0) is 8.97. The van der Waals surface area contributed by atoms with E-state index < -0.39 is 0 Å². The Morgan fingerprint density at radius 2 is 2.25 bits per heavy atom. The number of hydrogen-bond donors (Lipinski definition) is 1. The Kier molecular flexibility index (Phi) is 3.98.